The summed E-state index contributed by atoms with van der Waals surface area (Å²) in [7, 11) is 0. The molecule has 0 aliphatic carbocycles. The Labute approximate surface area is 113 Å². The number of hydrogen-bond donors (Lipinski definition) is 1. The van der Waals surface area contributed by atoms with Crippen LogP contribution in [0.5, 0.6) is 0 Å². The summed E-state index contributed by atoms with van der Waals surface area (Å²) < 4.78 is 2.98. The second-order valence-electron chi connectivity index (χ2n) is 3.89. The van der Waals surface area contributed by atoms with E-state index in [0.29, 0.717) is 6.54 Å². The Hall–Kier alpha value is -1.72. The van der Waals surface area contributed by atoms with E-state index in [1.807, 2.05) is 35.0 Å². The van der Waals surface area contributed by atoms with Crippen LogP contribution >= 0.6 is 15.9 Å². The van der Waals surface area contributed by atoms with E-state index < -0.39 is 0 Å². The van der Waals surface area contributed by atoms with Crippen LogP contribution in [-0.2, 0) is 6.54 Å². The fourth-order valence-corrected chi connectivity index (χ4v) is 2.52. The van der Waals surface area contributed by atoms with Crippen LogP contribution in [-0.4, -0.2) is 14.5 Å². The van der Waals surface area contributed by atoms with Gasteiger partial charge >= 0.3 is 0 Å². The molecule has 0 saturated carbocycles. The lowest BCUT2D eigenvalue weighted by Crippen LogP contribution is -2.07. The molecule has 0 fully saturated rings. The molecule has 1 aromatic carbocycles. The van der Waals surface area contributed by atoms with Crippen molar-refractivity contribution in [3.8, 4) is 5.82 Å². The number of nitrogens with zero attached hydrogens (tertiary/aromatic N) is 3. The Balaban J connectivity index is 2.33. The van der Waals surface area contributed by atoms with Crippen molar-refractivity contribution in [3.63, 3.8) is 0 Å². The maximum atomic E-state index is 5.69. The van der Waals surface area contributed by atoms with E-state index in [1.165, 1.54) is 0 Å². The van der Waals surface area contributed by atoms with Gasteiger partial charge in [-0.25, -0.2) is 9.97 Å². The van der Waals surface area contributed by atoms with Gasteiger partial charge in [0.15, 0.2) is 0 Å². The lowest BCUT2D eigenvalue weighted by Gasteiger charge is -2.09. The average Bonchev–Trinajstić information content (AvgIpc) is 2.87. The normalized spacial score (nSPS) is 11.0. The van der Waals surface area contributed by atoms with Gasteiger partial charge in [0.2, 0.25) is 0 Å². The minimum atomic E-state index is 0.388. The van der Waals surface area contributed by atoms with Gasteiger partial charge < -0.3 is 5.73 Å². The highest BCUT2D eigenvalue weighted by atomic mass is 79.9. The first-order chi connectivity index (χ1) is 8.81. The van der Waals surface area contributed by atoms with E-state index in [2.05, 4.69) is 25.9 Å². The average molecular weight is 303 g/mol. The number of hydrogen-bond acceptors (Lipinski definition) is 3. The Morgan fingerprint density at radius 1 is 1.11 bits per heavy atom. The lowest BCUT2D eigenvalue weighted by molar-refractivity contribution is 0.854. The maximum Gasteiger partial charge on any atom is 0.145 e. The second kappa shape index (κ2) is 4.51. The van der Waals surface area contributed by atoms with Gasteiger partial charge in [0.05, 0.1) is 6.54 Å². The fourth-order valence-electron chi connectivity index (χ4n) is 2.02. The fraction of sp³-hybridized carbons (Fsp3) is 0.0769. The number of fused-ring (bicyclic) bond motifs is 1. The molecule has 2 aromatic heterocycles. The summed E-state index contributed by atoms with van der Waals surface area (Å²) in [6.07, 6.45) is 5.41. The third-order valence-corrected chi connectivity index (χ3v) is 3.55. The molecule has 0 saturated heterocycles. The molecular formula is C13H11BrN4. The van der Waals surface area contributed by atoms with E-state index >= 15 is 0 Å². The molecule has 0 bridgehead atoms. The lowest BCUT2D eigenvalue weighted by atomic mass is 10.1. The molecular weight excluding hydrogens is 292 g/mol. The molecule has 3 rings (SSSR count). The Kier molecular flexibility index (Phi) is 2.85. The first-order valence-corrected chi connectivity index (χ1v) is 6.36. The highest BCUT2D eigenvalue weighted by Gasteiger charge is 2.09. The quantitative estimate of drug-likeness (QED) is 0.792. The van der Waals surface area contributed by atoms with E-state index in [4.69, 9.17) is 5.73 Å². The van der Waals surface area contributed by atoms with E-state index in [0.717, 1.165) is 26.9 Å². The molecule has 18 heavy (non-hydrogen) atoms. The first-order valence-electron chi connectivity index (χ1n) is 5.57. The minimum absolute atomic E-state index is 0.388. The highest BCUT2D eigenvalue weighted by molar-refractivity contribution is 9.10. The number of imidazole rings is 1. The SMILES string of the molecule is NCc1nccn1-c1nccc2c(Br)cccc12. The highest BCUT2D eigenvalue weighted by Crippen LogP contribution is 2.27. The van der Waals surface area contributed by atoms with Crippen molar-refractivity contribution in [3.05, 3.63) is 53.2 Å². The van der Waals surface area contributed by atoms with Crippen molar-refractivity contribution >= 4 is 26.7 Å². The van der Waals surface area contributed by atoms with Crippen molar-refractivity contribution in [1.29, 1.82) is 0 Å². The Morgan fingerprint density at radius 3 is 2.83 bits per heavy atom. The Bertz CT molecular complexity index is 705. The molecule has 0 atom stereocenters. The molecule has 0 unspecified atom stereocenters. The van der Waals surface area contributed by atoms with Gasteiger partial charge in [-0.15, -0.1) is 0 Å². The molecule has 90 valence electrons. The van der Waals surface area contributed by atoms with Crippen LogP contribution in [0.4, 0.5) is 0 Å². The largest absolute Gasteiger partial charge is 0.324 e. The maximum absolute atomic E-state index is 5.69. The molecule has 5 heteroatoms. The van der Waals surface area contributed by atoms with Crippen molar-refractivity contribution < 1.29 is 0 Å². The molecule has 0 amide bonds. The summed E-state index contributed by atoms with van der Waals surface area (Å²) in [5.41, 5.74) is 5.69. The van der Waals surface area contributed by atoms with Gasteiger partial charge in [-0.1, -0.05) is 28.1 Å². The number of nitrogens with two attached hydrogens (primary N) is 1. The molecule has 0 aliphatic heterocycles. The number of benzene rings is 1. The zero-order chi connectivity index (χ0) is 12.5. The predicted molar refractivity (Wildman–Crippen MR) is 74.5 cm³/mol. The van der Waals surface area contributed by atoms with Crippen LogP contribution in [0.25, 0.3) is 16.6 Å². The number of halogens is 1. The zero-order valence-corrected chi connectivity index (χ0v) is 11.1. The number of pyridine rings is 1. The zero-order valence-electron chi connectivity index (χ0n) is 9.55. The molecule has 2 N–H and O–H groups in total. The van der Waals surface area contributed by atoms with Gasteiger partial charge in [0, 0.05) is 33.8 Å². The van der Waals surface area contributed by atoms with Gasteiger partial charge in [-0.3, -0.25) is 4.57 Å². The summed E-state index contributed by atoms with van der Waals surface area (Å²) >= 11 is 3.55. The summed E-state index contributed by atoms with van der Waals surface area (Å²) in [5, 5.41) is 2.19. The predicted octanol–water partition coefficient (Wildman–Crippen LogP) is 2.64. The van der Waals surface area contributed by atoms with E-state index in [1.54, 1.807) is 12.4 Å². The van der Waals surface area contributed by atoms with Crippen LogP contribution in [0.2, 0.25) is 0 Å². The van der Waals surface area contributed by atoms with E-state index in [-0.39, 0.29) is 0 Å². The molecule has 0 aliphatic rings. The van der Waals surface area contributed by atoms with Crippen LogP contribution in [0.3, 0.4) is 0 Å². The summed E-state index contributed by atoms with van der Waals surface area (Å²) in [5.74, 6) is 1.65. The molecule has 0 radical (unpaired) electrons. The van der Waals surface area contributed by atoms with Gasteiger partial charge in [0.1, 0.15) is 11.6 Å². The van der Waals surface area contributed by atoms with Crippen molar-refractivity contribution in [1.82, 2.24) is 14.5 Å². The topological polar surface area (TPSA) is 56.7 Å². The summed E-state index contributed by atoms with van der Waals surface area (Å²) in [6, 6.07) is 8.05. The number of rotatable bonds is 2. The van der Waals surface area contributed by atoms with Crippen molar-refractivity contribution in [2.75, 3.05) is 0 Å². The minimum Gasteiger partial charge on any atom is -0.324 e. The molecule has 2 heterocycles. The summed E-state index contributed by atoms with van der Waals surface area (Å²) in [4.78, 5) is 8.67. The summed E-state index contributed by atoms with van der Waals surface area (Å²) in [6.45, 7) is 0.388. The third-order valence-electron chi connectivity index (χ3n) is 2.86. The van der Waals surface area contributed by atoms with Crippen LogP contribution in [0, 0.1) is 0 Å². The van der Waals surface area contributed by atoms with Gasteiger partial charge in [-0.05, 0) is 12.1 Å². The molecule has 3 aromatic rings. The van der Waals surface area contributed by atoms with Gasteiger partial charge in [-0.2, -0.15) is 0 Å². The smallest absolute Gasteiger partial charge is 0.145 e. The van der Waals surface area contributed by atoms with Crippen LogP contribution < -0.4 is 5.73 Å². The van der Waals surface area contributed by atoms with Crippen LogP contribution in [0.15, 0.2) is 47.3 Å². The molecule has 0 spiro atoms. The first kappa shape index (κ1) is 11.4. The van der Waals surface area contributed by atoms with Gasteiger partial charge in [0.25, 0.3) is 0 Å². The second-order valence-corrected chi connectivity index (χ2v) is 4.74. The van der Waals surface area contributed by atoms with Crippen molar-refractivity contribution in [2.24, 2.45) is 5.73 Å². The molecule has 4 nitrogen and oxygen atoms in total. The van der Waals surface area contributed by atoms with Crippen molar-refractivity contribution in [2.45, 2.75) is 6.54 Å². The third kappa shape index (κ3) is 1.72. The van der Waals surface area contributed by atoms with E-state index in [9.17, 15) is 0 Å². The monoisotopic (exact) mass is 302 g/mol. The number of aromatic nitrogens is 3. The Morgan fingerprint density at radius 2 is 2.00 bits per heavy atom. The standard InChI is InChI=1S/C13H11BrN4/c14-11-3-1-2-10-9(11)4-5-17-13(10)18-7-6-16-12(18)8-15/h1-7H,8,15H2. The van der Waals surface area contributed by atoms with Crippen LogP contribution in [0.1, 0.15) is 5.82 Å².